The largest absolute Gasteiger partial charge is 0.367 e. The molecule has 0 aromatic carbocycles. The Morgan fingerprint density at radius 2 is 2.10 bits per heavy atom. The van der Waals surface area contributed by atoms with Crippen LogP contribution < -0.4 is 5.32 Å². The number of hydrogen-bond donors (Lipinski definition) is 1. The smallest absolute Gasteiger partial charge is 0.290 e. The van der Waals surface area contributed by atoms with E-state index in [1.807, 2.05) is 0 Å². The zero-order chi connectivity index (χ0) is 14.1. The zero-order valence-corrected chi connectivity index (χ0v) is 11.8. The molecule has 0 amide bonds. The Bertz CT molecular complexity index is 514. The molecule has 2 atom stereocenters. The number of nitro groups is 1. The number of anilines is 1. The maximum atomic E-state index is 10.8. The first-order valence-corrected chi connectivity index (χ1v) is 7.51. The summed E-state index contributed by atoms with van der Waals surface area (Å²) < 4.78 is 0. The van der Waals surface area contributed by atoms with Gasteiger partial charge in [-0.2, -0.15) is 0 Å². The van der Waals surface area contributed by atoms with Crippen LogP contribution in [-0.4, -0.2) is 15.9 Å². The number of nitrogens with zero attached hydrogens (tertiary/aromatic N) is 2. The maximum Gasteiger partial charge on any atom is 0.290 e. The normalized spacial score (nSPS) is 26.2. The summed E-state index contributed by atoms with van der Waals surface area (Å²) in [5.41, 5.74) is 0.761. The molecular formula is C15H21N3O2. The quantitative estimate of drug-likeness (QED) is 0.672. The fourth-order valence-corrected chi connectivity index (χ4v) is 3.38. The molecule has 108 valence electrons. The molecule has 0 saturated heterocycles. The number of rotatable bonds is 4. The third-order valence-electron chi connectivity index (χ3n) is 4.64. The van der Waals surface area contributed by atoms with E-state index in [1.165, 1.54) is 44.7 Å². The van der Waals surface area contributed by atoms with Crippen LogP contribution in [0, 0.1) is 28.9 Å². The Hall–Kier alpha value is -1.65. The van der Waals surface area contributed by atoms with Gasteiger partial charge in [0.1, 0.15) is 12.0 Å². The lowest BCUT2D eigenvalue weighted by Gasteiger charge is -2.30. The molecule has 1 aromatic heterocycles. The highest BCUT2D eigenvalue weighted by Crippen LogP contribution is 2.44. The molecular weight excluding hydrogens is 254 g/mol. The Morgan fingerprint density at radius 1 is 1.30 bits per heavy atom. The molecule has 2 unspecified atom stereocenters. The Balaban J connectivity index is 1.64. The van der Waals surface area contributed by atoms with Gasteiger partial charge < -0.3 is 5.32 Å². The summed E-state index contributed by atoms with van der Waals surface area (Å²) in [4.78, 5) is 14.6. The van der Waals surface area contributed by atoms with Gasteiger partial charge in [-0.3, -0.25) is 10.1 Å². The van der Waals surface area contributed by atoms with E-state index in [0.29, 0.717) is 11.6 Å². The van der Waals surface area contributed by atoms with Crippen LogP contribution in [0.1, 0.15) is 44.1 Å². The van der Waals surface area contributed by atoms with Gasteiger partial charge in [0.05, 0.1) is 4.92 Å². The first kappa shape index (κ1) is 13.3. The lowest BCUT2D eigenvalue weighted by atomic mass is 9.83. The third kappa shape index (κ3) is 2.92. The first-order valence-electron chi connectivity index (χ1n) is 7.51. The van der Waals surface area contributed by atoms with E-state index in [0.717, 1.165) is 17.7 Å². The molecule has 0 radical (unpaired) electrons. The van der Waals surface area contributed by atoms with E-state index in [1.54, 1.807) is 13.0 Å². The minimum Gasteiger partial charge on any atom is -0.367 e. The summed E-state index contributed by atoms with van der Waals surface area (Å²) in [6.07, 6.45) is 9.24. The van der Waals surface area contributed by atoms with Gasteiger partial charge in [-0.1, -0.05) is 12.8 Å². The molecule has 1 heterocycles. The molecule has 2 aliphatic rings. The van der Waals surface area contributed by atoms with E-state index in [9.17, 15) is 10.1 Å². The number of nitrogens with one attached hydrogen (secondary N) is 1. The van der Waals surface area contributed by atoms with Crippen LogP contribution in [0.3, 0.4) is 0 Å². The molecule has 3 rings (SSSR count). The topological polar surface area (TPSA) is 68.1 Å². The summed E-state index contributed by atoms with van der Waals surface area (Å²) in [6.45, 7) is 1.76. The maximum absolute atomic E-state index is 10.8. The monoisotopic (exact) mass is 275 g/mol. The molecule has 0 spiro atoms. The number of hydrogen-bond acceptors (Lipinski definition) is 4. The highest BCUT2D eigenvalue weighted by atomic mass is 16.6. The van der Waals surface area contributed by atoms with Crippen LogP contribution in [0.5, 0.6) is 0 Å². The fraction of sp³-hybridized carbons (Fsp3) is 0.667. The summed E-state index contributed by atoms with van der Waals surface area (Å²) in [5, 5.41) is 14.3. The Morgan fingerprint density at radius 3 is 2.75 bits per heavy atom. The van der Waals surface area contributed by atoms with Gasteiger partial charge in [-0.05, 0) is 50.5 Å². The predicted molar refractivity (Wildman–Crippen MR) is 77.7 cm³/mol. The fourth-order valence-electron chi connectivity index (χ4n) is 3.38. The summed E-state index contributed by atoms with van der Waals surface area (Å²) in [5.74, 6) is 2.61. The number of pyridine rings is 1. The van der Waals surface area contributed by atoms with Crippen molar-refractivity contribution in [3.63, 3.8) is 0 Å². The average Bonchev–Trinajstić information content (AvgIpc) is 3.23. The predicted octanol–water partition coefficient (Wildman–Crippen LogP) is 3.68. The van der Waals surface area contributed by atoms with Crippen molar-refractivity contribution in [3.8, 4) is 0 Å². The molecule has 2 fully saturated rings. The second kappa shape index (κ2) is 5.38. The molecule has 2 aliphatic carbocycles. The highest BCUT2D eigenvalue weighted by molar-refractivity contribution is 5.47. The van der Waals surface area contributed by atoms with Crippen molar-refractivity contribution < 1.29 is 4.92 Å². The van der Waals surface area contributed by atoms with Gasteiger partial charge >= 0.3 is 0 Å². The Labute approximate surface area is 118 Å². The molecule has 5 heteroatoms. The molecule has 2 saturated carbocycles. The molecule has 1 N–H and O–H groups in total. The van der Waals surface area contributed by atoms with Crippen molar-refractivity contribution in [3.05, 3.63) is 27.9 Å². The van der Waals surface area contributed by atoms with E-state index in [-0.39, 0.29) is 10.6 Å². The van der Waals surface area contributed by atoms with E-state index < -0.39 is 0 Å². The van der Waals surface area contributed by atoms with E-state index >= 15 is 0 Å². The standard InChI is InChI=1S/C15H21N3O2/c1-10-7-15(16-9-14(10)18(19)20)17-13-4-2-3-12(8-13)11-5-6-11/h7,9,11-13H,2-6,8H2,1H3,(H,16,17). The van der Waals surface area contributed by atoms with Crippen LogP contribution in [-0.2, 0) is 0 Å². The van der Waals surface area contributed by atoms with Crippen LogP contribution in [0.25, 0.3) is 0 Å². The van der Waals surface area contributed by atoms with E-state index in [4.69, 9.17) is 0 Å². The highest BCUT2D eigenvalue weighted by Gasteiger charge is 2.34. The van der Waals surface area contributed by atoms with Gasteiger partial charge in [0.25, 0.3) is 5.69 Å². The van der Waals surface area contributed by atoms with Crippen molar-refractivity contribution >= 4 is 11.5 Å². The lowest BCUT2D eigenvalue weighted by molar-refractivity contribution is -0.385. The second-order valence-corrected chi connectivity index (χ2v) is 6.22. The molecule has 0 aliphatic heterocycles. The van der Waals surface area contributed by atoms with Crippen molar-refractivity contribution in [1.29, 1.82) is 0 Å². The van der Waals surface area contributed by atoms with Gasteiger partial charge in [0, 0.05) is 11.6 Å². The van der Waals surface area contributed by atoms with Crippen LogP contribution in [0.15, 0.2) is 12.3 Å². The van der Waals surface area contributed by atoms with Crippen LogP contribution >= 0.6 is 0 Å². The van der Waals surface area contributed by atoms with Crippen molar-refractivity contribution in [2.75, 3.05) is 5.32 Å². The van der Waals surface area contributed by atoms with Gasteiger partial charge in [-0.25, -0.2) is 4.98 Å². The average molecular weight is 275 g/mol. The summed E-state index contributed by atoms with van der Waals surface area (Å²) in [6, 6.07) is 2.27. The van der Waals surface area contributed by atoms with Gasteiger partial charge in [0.2, 0.25) is 0 Å². The van der Waals surface area contributed by atoms with Gasteiger partial charge in [-0.15, -0.1) is 0 Å². The number of aryl methyl sites for hydroxylation is 1. The van der Waals surface area contributed by atoms with Crippen molar-refractivity contribution in [2.45, 2.75) is 51.5 Å². The summed E-state index contributed by atoms with van der Waals surface area (Å²) in [7, 11) is 0. The first-order chi connectivity index (χ1) is 9.63. The van der Waals surface area contributed by atoms with Crippen LogP contribution in [0.2, 0.25) is 0 Å². The minimum atomic E-state index is -0.379. The molecule has 1 aromatic rings. The second-order valence-electron chi connectivity index (χ2n) is 6.22. The van der Waals surface area contributed by atoms with Gasteiger partial charge in [0.15, 0.2) is 0 Å². The molecule has 20 heavy (non-hydrogen) atoms. The zero-order valence-electron chi connectivity index (χ0n) is 11.8. The lowest BCUT2D eigenvalue weighted by Crippen LogP contribution is -2.28. The summed E-state index contributed by atoms with van der Waals surface area (Å²) >= 11 is 0. The third-order valence-corrected chi connectivity index (χ3v) is 4.64. The van der Waals surface area contributed by atoms with E-state index in [2.05, 4.69) is 10.3 Å². The SMILES string of the molecule is Cc1cc(NC2CCCC(C3CC3)C2)ncc1[N+](=O)[O-]. The van der Waals surface area contributed by atoms with Crippen molar-refractivity contribution in [2.24, 2.45) is 11.8 Å². The number of aromatic nitrogens is 1. The molecule has 0 bridgehead atoms. The van der Waals surface area contributed by atoms with Crippen LogP contribution in [0.4, 0.5) is 11.5 Å². The Kier molecular flexibility index (Phi) is 3.59. The molecule has 5 nitrogen and oxygen atoms in total. The van der Waals surface area contributed by atoms with Crippen molar-refractivity contribution in [1.82, 2.24) is 4.98 Å². The minimum absolute atomic E-state index is 0.0926.